The van der Waals surface area contributed by atoms with E-state index in [0.29, 0.717) is 27.2 Å². The number of carbonyl (C=O) groups excluding carboxylic acids is 2. The molecule has 2 rings (SSSR count). The standard InChI is InChI=1S/C19H20Cl3N3O3/c1-11(19(27)24-14-6-4-5-13(21)18(14)22)25(2)10-17(26)23-15-9-12(20)7-8-16(15)28-3/h4-9,11H,10H2,1-3H3,(H,23,26)(H,24,27). The van der Waals surface area contributed by atoms with Crippen molar-refractivity contribution >= 4 is 58.0 Å². The second-order valence-electron chi connectivity index (χ2n) is 6.07. The summed E-state index contributed by atoms with van der Waals surface area (Å²) in [5, 5.41) is 6.52. The first-order valence-electron chi connectivity index (χ1n) is 8.31. The smallest absolute Gasteiger partial charge is 0.241 e. The van der Waals surface area contributed by atoms with Gasteiger partial charge in [0.2, 0.25) is 11.8 Å². The number of likely N-dealkylation sites (N-methyl/N-ethyl adjacent to an activating group) is 1. The lowest BCUT2D eigenvalue weighted by atomic mass is 10.2. The maximum absolute atomic E-state index is 12.5. The maximum Gasteiger partial charge on any atom is 0.241 e. The molecular formula is C19H20Cl3N3O3. The lowest BCUT2D eigenvalue weighted by molar-refractivity contribution is -0.122. The van der Waals surface area contributed by atoms with Gasteiger partial charge in [0.1, 0.15) is 5.75 Å². The van der Waals surface area contributed by atoms with Crippen LogP contribution in [0.2, 0.25) is 15.1 Å². The molecule has 0 aromatic heterocycles. The Balaban J connectivity index is 1.98. The summed E-state index contributed by atoms with van der Waals surface area (Å²) < 4.78 is 5.20. The van der Waals surface area contributed by atoms with Crippen LogP contribution < -0.4 is 15.4 Å². The van der Waals surface area contributed by atoms with Crippen LogP contribution in [0.3, 0.4) is 0 Å². The molecule has 2 aromatic carbocycles. The van der Waals surface area contributed by atoms with Crippen LogP contribution in [0.5, 0.6) is 5.75 Å². The fraction of sp³-hybridized carbons (Fsp3) is 0.263. The third kappa shape index (κ3) is 5.75. The highest BCUT2D eigenvalue weighted by molar-refractivity contribution is 6.44. The van der Waals surface area contributed by atoms with Gasteiger partial charge in [0.05, 0.1) is 41.1 Å². The maximum atomic E-state index is 12.5. The molecule has 0 aliphatic heterocycles. The first-order valence-corrected chi connectivity index (χ1v) is 9.44. The summed E-state index contributed by atoms with van der Waals surface area (Å²) in [6, 6.07) is 9.28. The largest absolute Gasteiger partial charge is 0.495 e. The van der Waals surface area contributed by atoms with Gasteiger partial charge in [0.25, 0.3) is 0 Å². The number of amides is 2. The number of hydrogen-bond donors (Lipinski definition) is 2. The fourth-order valence-electron chi connectivity index (χ4n) is 2.37. The van der Waals surface area contributed by atoms with Gasteiger partial charge in [-0.1, -0.05) is 40.9 Å². The molecule has 0 saturated heterocycles. The van der Waals surface area contributed by atoms with E-state index in [1.807, 2.05) is 0 Å². The zero-order valence-corrected chi connectivity index (χ0v) is 17.8. The number of anilines is 2. The van der Waals surface area contributed by atoms with Crippen LogP contribution in [0.4, 0.5) is 11.4 Å². The number of rotatable bonds is 7. The summed E-state index contributed by atoms with van der Waals surface area (Å²) >= 11 is 18.0. The summed E-state index contributed by atoms with van der Waals surface area (Å²) in [5.74, 6) is -0.148. The number of benzene rings is 2. The van der Waals surface area contributed by atoms with E-state index in [-0.39, 0.29) is 23.4 Å². The molecule has 0 spiro atoms. The van der Waals surface area contributed by atoms with E-state index in [0.717, 1.165) is 0 Å². The molecular weight excluding hydrogens is 425 g/mol. The summed E-state index contributed by atoms with van der Waals surface area (Å²) in [5.41, 5.74) is 0.865. The molecule has 2 amide bonds. The van der Waals surface area contributed by atoms with Crippen LogP contribution in [-0.4, -0.2) is 43.5 Å². The van der Waals surface area contributed by atoms with E-state index >= 15 is 0 Å². The van der Waals surface area contributed by atoms with E-state index in [1.54, 1.807) is 55.3 Å². The van der Waals surface area contributed by atoms with Crippen molar-refractivity contribution in [2.45, 2.75) is 13.0 Å². The van der Waals surface area contributed by atoms with E-state index in [1.165, 1.54) is 7.11 Å². The molecule has 0 bridgehead atoms. The van der Waals surface area contributed by atoms with Crippen molar-refractivity contribution in [1.29, 1.82) is 0 Å². The molecule has 0 fully saturated rings. The Bertz CT molecular complexity index is 877. The molecule has 0 heterocycles. The minimum Gasteiger partial charge on any atom is -0.495 e. The third-order valence-electron chi connectivity index (χ3n) is 4.08. The summed E-state index contributed by atoms with van der Waals surface area (Å²) in [6.07, 6.45) is 0. The molecule has 9 heteroatoms. The molecule has 0 saturated carbocycles. The van der Waals surface area contributed by atoms with Crippen LogP contribution in [0.1, 0.15) is 6.92 Å². The molecule has 0 aliphatic carbocycles. The zero-order chi connectivity index (χ0) is 20.8. The molecule has 150 valence electrons. The SMILES string of the molecule is COc1ccc(Cl)cc1NC(=O)CN(C)C(C)C(=O)Nc1cccc(Cl)c1Cl. The molecule has 1 unspecified atom stereocenters. The number of nitrogens with zero attached hydrogens (tertiary/aromatic N) is 1. The monoisotopic (exact) mass is 443 g/mol. The summed E-state index contributed by atoms with van der Waals surface area (Å²) in [7, 11) is 3.16. The van der Waals surface area contributed by atoms with Gasteiger partial charge in [0, 0.05) is 5.02 Å². The van der Waals surface area contributed by atoms with Crippen molar-refractivity contribution in [1.82, 2.24) is 4.90 Å². The van der Waals surface area contributed by atoms with Gasteiger partial charge in [-0.15, -0.1) is 0 Å². The van der Waals surface area contributed by atoms with Gasteiger partial charge < -0.3 is 15.4 Å². The third-order valence-corrected chi connectivity index (χ3v) is 5.13. The molecule has 2 N–H and O–H groups in total. The first kappa shape index (κ1) is 22.3. The lowest BCUT2D eigenvalue weighted by Gasteiger charge is -2.23. The predicted molar refractivity (Wildman–Crippen MR) is 114 cm³/mol. The van der Waals surface area contributed by atoms with E-state index in [2.05, 4.69) is 10.6 Å². The second kappa shape index (κ2) is 9.98. The van der Waals surface area contributed by atoms with Crippen molar-refractivity contribution in [3.05, 3.63) is 51.5 Å². The number of ether oxygens (including phenoxy) is 1. The van der Waals surface area contributed by atoms with Crippen molar-refractivity contribution in [3.63, 3.8) is 0 Å². The van der Waals surface area contributed by atoms with Gasteiger partial charge in [-0.2, -0.15) is 0 Å². The van der Waals surface area contributed by atoms with Gasteiger partial charge in [-0.05, 0) is 44.3 Å². The zero-order valence-electron chi connectivity index (χ0n) is 15.6. The highest BCUT2D eigenvalue weighted by Gasteiger charge is 2.21. The van der Waals surface area contributed by atoms with Crippen LogP contribution >= 0.6 is 34.8 Å². The highest BCUT2D eigenvalue weighted by atomic mass is 35.5. The normalized spacial score (nSPS) is 11.8. The van der Waals surface area contributed by atoms with Crippen molar-refractivity contribution in [3.8, 4) is 5.75 Å². The van der Waals surface area contributed by atoms with Crippen LogP contribution in [-0.2, 0) is 9.59 Å². The predicted octanol–water partition coefficient (Wildman–Crippen LogP) is 4.55. The average Bonchev–Trinajstić information content (AvgIpc) is 2.64. The quantitative estimate of drug-likeness (QED) is 0.657. The van der Waals surface area contributed by atoms with Gasteiger partial charge >= 0.3 is 0 Å². The molecule has 0 aliphatic rings. The van der Waals surface area contributed by atoms with Crippen molar-refractivity contribution < 1.29 is 14.3 Å². The molecule has 28 heavy (non-hydrogen) atoms. The number of hydrogen-bond acceptors (Lipinski definition) is 4. The van der Waals surface area contributed by atoms with Crippen molar-refractivity contribution in [2.24, 2.45) is 0 Å². The summed E-state index contributed by atoms with van der Waals surface area (Å²) in [4.78, 5) is 26.4. The molecule has 1 atom stereocenters. The van der Waals surface area contributed by atoms with Crippen LogP contribution in [0, 0.1) is 0 Å². The Kier molecular flexibility index (Phi) is 7.95. The number of halogens is 3. The highest BCUT2D eigenvalue weighted by Crippen LogP contribution is 2.30. The van der Waals surface area contributed by atoms with E-state index in [4.69, 9.17) is 39.5 Å². The minimum absolute atomic E-state index is 0.0203. The average molecular weight is 445 g/mol. The topological polar surface area (TPSA) is 70.7 Å². The fourth-order valence-corrected chi connectivity index (χ4v) is 2.89. The number of carbonyl (C=O) groups is 2. The second-order valence-corrected chi connectivity index (χ2v) is 7.30. The number of nitrogens with one attached hydrogen (secondary N) is 2. The number of methoxy groups -OCH3 is 1. The Morgan fingerprint density at radius 1 is 1.11 bits per heavy atom. The van der Waals surface area contributed by atoms with Crippen LogP contribution in [0.25, 0.3) is 0 Å². The van der Waals surface area contributed by atoms with Crippen molar-refractivity contribution in [2.75, 3.05) is 31.3 Å². The van der Waals surface area contributed by atoms with Gasteiger partial charge in [-0.3, -0.25) is 14.5 Å². The molecule has 2 aromatic rings. The Morgan fingerprint density at radius 2 is 1.82 bits per heavy atom. The lowest BCUT2D eigenvalue weighted by Crippen LogP contribution is -2.43. The molecule has 0 radical (unpaired) electrons. The Morgan fingerprint density at radius 3 is 2.50 bits per heavy atom. The van der Waals surface area contributed by atoms with Gasteiger partial charge in [0.15, 0.2) is 0 Å². The minimum atomic E-state index is -0.595. The summed E-state index contributed by atoms with van der Waals surface area (Å²) in [6.45, 7) is 1.66. The van der Waals surface area contributed by atoms with E-state index in [9.17, 15) is 9.59 Å². The van der Waals surface area contributed by atoms with Crippen LogP contribution in [0.15, 0.2) is 36.4 Å². The van der Waals surface area contributed by atoms with Gasteiger partial charge in [-0.25, -0.2) is 0 Å². The first-order chi connectivity index (χ1) is 13.2. The molecule has 6 nitrogen and oxygen atoms in total. The Hall–Kier alpha value is -1.99. The Labute approximate surface area is 178 Å². The van der Waals surface area contributed by atoms with E-state index < -0.39 is 6.04 Å².